The Morgan fingerprint density at radius 2 is 1.93 bits per heavy atom. The summed E-state index contributed by atoms with van der Waals surface area (Å²) in [5, 5.41) is 18.6. The van der Waals surface area contributed by atoms with Crippen LogP contribution in [0.15, 0.2) is 72.9 Å². The van der Waals surface area contributed by atoms with Crippen LogP contribution in [0.2, 0.25) is 0 Å². The van der Waals surface area contributed by atoms with Gasteiger partial charge in [-0.15, -0.1) is 0 Å². The van der Waals surface area contributed by atoms with Gasteiger partial charge in [0.2, 0.25) is 5.91 Å². The van der Waals surface area contributed by atoms with Gasteiger partial charge in [0.15, 0.2) is 5.11 Å². The molecule has 1 saturated heterocycles. The third-order valence-electron chi connectivity index (χ3n) is 7.31. The molecule has 0 saturated carbocycles. The van der Waals surface area contributed by atoms with Crippen molar-refractivity contribution in [3.05, 3.63) is 112 Å². The third-order valence-corrected chi connectivity index (χ3v) is 7.67. The smallest absolute Gasteiger partial charge is 0.296 e. The predicted octanol–water partition coefficient (Wildman–Crippen LogP) is 5.55. The Morgan fingerprint density at radius 3 is 2.60 bits per heavy atom. The van der Waals surface area contributed by atoms with E-state index < -0.39 is 4.92 Å². The van der Waals surface area contributed by atoms with Crippen molar-refractivity contribution in [3.63, 3.8) is 0 Å². The Morgan fingerprint density at radius 1 is 1.17 bits per heavy atom. The van der Waals surface area contributed by atoms with Crippen molar-refractivity contribution in [2.45, 2.75) is 32.4 Å². The molecule has 2 N–H and O–H groups in total. The molecule has 4 aromatic rings. The third kappa shape index (κ3) is 5.66. The number of nitro benzene ring substituents is 1. The minimum Gasteiger partial charge on any atom is -0.496 e. The van der Waals surface area contributed by atoms with E-state index in [-0.39, 0.29) is 35.9 Å². The Hall–Kier alpha value is -4.84. The van der Waals surface area contributed by atoms with E-state index in [1.807, 2.05) is 47.6 Å². The maximum absolute atomic E-state index is 13.3. The molecule has 3 heterocycles. The number of nitrogens with one attached hydrogen (secondary N) is 2. The highest BCUT2D eigenvalue weighted by Gasteiger charge is 2.41. The summed E-state index contributed by atoms with van der Waals surface area (Å²) < 4.78 is 20.4. The molecule has 0 spiro atoms. The van der Waals surface area contributed by atoms with Gasteiger partial charge in [-0.1, -0.05) is 6.07 Å². The molecule has 0 aliphatic carbocycles. The summed E-state index contributed by atoms with van der Waals surface area (Å²) in [7, 11) is 1.46. The van der Waals surface area contributed by atoms with Crippen molar-refractivity contribution in [2.75, 3.05) is 19.0 Å². The van der Waals surface area contributed by atoms with Gasteiger partial charge in [-0.05, 0) is 86.2 Å². The Labute approximate surface area is 247 Å². The lowest BCUT2D eigenvalue weighted by Crippen LogP contribution is -2.32. The van der Waals surface area contributed by atoms with Gasteiger partial charge >= 0.3 is 0 Å². The summed E-state index contributed by atoms with van der Waals surface area (Å²) >= 11 is 5.75. The summed E-state index contributed by atoms with van der Waals surface area (Å²) in [6, 6.07) is 17.3. The van der Waals surface area contributed by atoms with Gasteiger partial charge in [0, 0.05) is 36.2 Å². The second-order valence-electron chi connectivity index (χ2n) is 9.90. The molecule has 2 atom stereocenters. The number of ether oxygens (including phenoxy) is 1. The van der Waals surface area contributed by atoms with Crippen molar-refractivity contribution >= 4 is 34.6 Å². The number of methoxy groups -OCH3 is 1. The largest absolute Gasteiger partial charge is 0.496 e. The molecule has 216 valence electrons. The SMILES string of the molecule is COc1ccc(-n2c(C)cc(C3C(c4ccccn4)NC(=S)N3CCC(=O)Nc3ccc(F)cc3)c2C)c([N+](=O)[O-])c1. The van der Waals surface area contributed by atoms with Crippen molar-refractivity contribution in [1.82, 2.24) is 19.8 Å². The number of pyridine rings is 1. The molecular weight excluding hydrogens is 559 g/mol. The van der Waals surface area contributed by atoms with E-state index in [0.717, 1.165) is 22.6 Å². The average Bonchev–Trinajstić information content (AvgIpc) is 3.47. The van der Waals surface area contributed by atoms with E-state index >= 15 is 0 Å². The number of carbonyl (C=O) groups excluding carboxylic acids is 1. The van der Waals surface area contributed by atoms with E-state index in [2.05, 4.69) is 15.6 Å². The van der Waals surface area contributed by atoms with Crippen molar-refractivity contribution < 1.29 is 18.8 Å². The predicted molar refractivity (Wildman–Crippen MR) is 160 cm³/mol. The average molecular weight is 589 g/mol. The van der Waals surface area contributed by atoms with Gasteiger partial charge < -0.3 is 24.8 Å². The molecule has 2 aromatic carbocycles. The zero-order valence-electron chi connectivity index (χ0n) is 23.2. The van der Waals surface area contributed by atoms with Gasteiger partial charge in [-0.3, -0.25) is 19.9 Å². The van der Waals surface area contributed by atoms with Crippen LogP contribution in [0, 0.1) is 29.8 Å². The van der Waals surface area contributed by atoms with Crippen LogP contribution in [0.25, 0.3) is 5.69 Å². The number of anilines is 1. The quantitative estimate of drug-likeness (QED) is 0.149. The fourth-order valence-electron chi connectivity index (χ4n) is 5.39. The number of rotatable bonds is 9. The van der Waals surface area contributed by atoms with E-state index in [1.54, 1.807) is 18.3 Å². The number of amides is 1. The van der Waals surface area contributed by atoms with Crippen molar-refractivity contribution in [1.29, 1.82) is 0 Å². The van der Waals surface area contributed by atoms with E-state index in [1.165, 1.54) is 37.4 Å². The molecule has 5 rings (SSSR count). The first-order valence-electron chi connectivity index (χ1n) is 13.2. The van der Waals surface area contributed by atoms with Gasteiger partial charge in [0.25, 0.3) is 5.69 Å². The number of aromatic nitrogens is 2. The lowest BCUT2D eigenvalue weighted by atomic mass is 9.96. The lowest BCUT2D eigenvalue weighted by Gasteiger charge is -2.28. The number of benzene rings is 2. The molecular formula is C30H29FN6O4S. The molecule has 2 unspecified atom stereocenters. The summed E-state index contributed by atoms with van der Waals surface area (Å²) in [5.74, 6) is -0.245. The van der Waals surface area contributed by atoms with Crippen molar-refractivity contribution in [3.8, 4) is 11.4 Å². The highest BCUT2D eigenvalue weighted by Crippen LogP contribution is 2.42. The molecule has 1 aliphatic heterocycles. The molecule has 12 heteroatoms. The number of aryl methyl sites for hydroxylation is 1. The summed E-state index contributed by atoms with van der Waals surface area (Å²) in [5.41, 5.74) is 4.06. The number of nitro groups is 1. The number of thiocarbonyl (C=S) groups is 1. The molecule has 42 heavy (non-hydrogen) atoms. The van der Waals surface area contributed by atoms with Gasteiger partial charge in [-0.25, -0.2) is 4.39 Å². The summed E-state index contributed by atoms with van der Waals surface area (Å²) in [4.78, 5) is 30.9. The summed E-state index contributed by atoms with van der Waals surface area (Å²) in [6.07, 6.45) is 1.83. The van der Waals surface area contributed by atoms with Crippen LogP contribution in [-0.2, 0) is 4.79 Å². The molecule has 0 bridgehead atoms. The van der Waals surface area contributed by atoms with Crippen LogP contribution in [0.1, 0.15) is 41.1 Å². The molecule has 1 aliphatic rings. The number of carbonyl (C=O) groups is 1. The number of hydrogen-bond donors (Lipinski definition) is 2. The first-order valence-corrected chi connectivity index (χ1v) is 13.6. The topological polar surface area (TPSA) is 115 Å². The summed E-state index contributed by atoms with van der Waals surface area (Å²) in [6.45, 7) is 4.09. The van der Waals surface area contributed by atoms with Gasteiger partial charge in [0.1, 0.15) is 17.3 Å². The van der Waals surface area contributed by atoms with Crippen LogP contribution in [-0.4, -0.2) is 44.0 Å². The molecule has 1 amide bonds. The Bertz CT molecular complexity index is 1640. The van der Waals surface area contributed by atoms with Crippen molar-refractivity contribution in [2.24, 2.45) is 0 Å². The van der Waals surface area contributed by atoms with E-state index in [0.29, 0.717) is 28.8 Å². The van der Waals surface area contributed by atoms with Crippen LogP contribution < -0.4 is 15.4 Å². The van der Waals surface area contributed by atoms with Crippen LogP contribution in [0.5, 0.6) is 5.75 Å². The van der Waals surface area contributed by atoms with E-state index in [4.69, 9.17) is 17.0 Å². The Balaban J connectivity index is 1.51. The molecule has 2 aromatic heterocycles. The van der Waals surface area contributed by atoms with Gasteiger partial charge in [-0.2, -0.15) is 0 Å². The standard InChI is InChI=1S/C30H29FN6O4S/c1-18-16-23(19(2)36(18)25-12-11-22(41-3)17-26(25)37(39)40)29-28(24-6-4-5-14-32-24)34-30(42)35(29)15-13-27(38)33-21-9-7-20(31)8-10-21/h4-12,14,16-17,28-29H,13,15H2,1-3H3,(H,33,38)(H,34,42). The second-order valence-corrected chi connectivity index (χ2v) is 10.3. The minimum atomic E-state index is -0.425. The number of halogens is 1. The first-order chi connectivity index (χ1) is 20.2. The highest BCUT2D eigenvalue weighted by atomic mass is 32.1. The highest BCUT2D eigenvalue weighted by molar-refractivity contribution is 7.80. The van der Waals surface area contributed by atoms with E-state index in [9.17, 15) is 19.3 Å². The fraction of sp³-hybridized carbons (Fsp3) is 0.233. The van der Waals surface area contributed by atoms with Crippen LogP contribution in [0.3, 0.4) is 0 Å². The monoisotopic (exact) mass is 588 g/mol. The van der Waals surface area contributed by atoms with Gasteiger partial charge in [0.05, 0.1) is 35.9 Å². The maximum atomic E-state index is 13.3. The molecule has 1 fully saturated rings. The minimum absolute atomic E-state index is 0.0848. The second kappa shape index (κ2) is 12.0. The lowest BCUT2D eigenvalue weighted by molar-refractivity contribution is -0.384. The van der Waals surface area contributed by atoms with Crippen LogP contribution >= 0.6 is 12.2 Å². The molecule has 0 radical (unpaired) electrons. The fourth-order valence-corrected chi connectivity index (χ4v) is 5.72. The zero-order chi connectivity index (χ0) is 30.0. The zero-order valence-corrected chi connectivity index (χ0v) is 24.0. The van der Waals surface area contributed by atoms with Crippen LogP contribution in [0.4, 0.5) is 15.8 Å². The Kier molecular flexibility index (Phi) is 8.16. The molecule has 10 nitrogen and oxygen atoms in total. The number of hydrogen-bond acceptors (Lipinski definition) is 6. The normalized spacial score (nSPS) is 16.3. The number of nitrogens with zero attached hydrogens (tertiary/aromatic N) is 4. The maximum Gasteiger partial charge on any atom is 0.296 e. The first kappa shape index (κ1) is 28.7.